The Kier molecular flexibility index (Phi) is 4.32. The number of hydrogen-bond acceptors (Lipinski definition) is 3. The number of hydrogen-bond donors (Lipinski definition) is 0. The molecule has 0 N–H and O–H groups in total. The average molecular weight is 301 g/mol. The summed E-state index contributed by atoms with van der Waals surface area (Å²) in [5, 5.41) is 4.29. The van der Waals surface area contributed by atoms with E-state index in [1.54, 1.807) is 4.68 Å². The van der Waals surface area contributed by atoms with E-state index in [4.69, 9.17) is 0 Å². The number of unbranched alkanes of at least 4 members (excludes halogenated alkanes) is 2. The Morgan fingerprint density at radius 3 is 2.82 bits per heavy atom. The van der Waals surface area contributed by atoms with Gasteiger partial charge in [-0.3, -0.25) is 4.79 Å². The summed E-state index contributed by atoms with van der Waals surface area (Å²) in [5.74, 6) is 0.358. The molecule has 0 saturated heterocycles. The molecule has 0 aliphatic carbocycles. The van der Waals surface area contributed by atoms with Crippen molar-refractivity contribution in [1.29, 1.82) is 0 Å². The van der Waals surface area contributed by atoms with Gasteiger partial charge < -0.3 is 0 Å². The Bertz CT molecular complexity index is 653. The number of aromatic nitrogens is 3. The number of carbonyl (C=O) groups excluding carboxylic acids is 1. The van der Waals surface area contributed by atoms with Crippen LogP contribution in [0.5, 0.6) is 0 Å². The summed E-state index contributed by atoms with van der Waals surface area (Å²) < 4.78 is 15.8. The first-order valence-corrected chi connectivity index (χ1v) is 7.89. The van der Waals surface area contributed by atoms with Gasteiger partial charge in [0.2, 0.25) is 11.6 Å². The van der Waals surface area contributed by atoms with Gasteiger partial charge in [-0.2, -0.15) is 0 Å². The van der Waals surface area contributed by atoms with Crippen LogP contribution in [0.3, 0.4) is 0 Å². The van der Waals surface area contributed by atoms with Gasteiger partial charge in [-0.15, -0.1) is 5.10 Å². The Morgan fingerprint density at radius 1 is 1.32 bits per heavy atom. The molecule has 0 amide bonds. The minimum atomic E-state index is -1.16. The molecule has 5 heteroatoms. The van der Waals surface area contributed by atoms with Gasteiger partial charge in [-0.25, -0.2) is 14.1 Å². The number of carbonyl (C=O) groups is 1. The molecule has 0 bridgehead atoms. The minimum Gasteiger partial charge on any atom is -0.291 e. The molecular formula is C17H20FN3O. The minimum absolute atomic E-state index is 0.0886. The Balaban J connectivity index is 1.82. The van der Waals surface area contributed by atoms with Crippen LogP contribution in [-0.4, -0.2) is 20.5 Å². The first-order chi connectivity index (χ1) is 10.7. The summed E-state index contributed by atoms with van der Waals surface area (Å²) in [7, 11) is 0. The molecule has 2 atom stereocenters. The average Bonchev–Trinajstić information content (AvgIpc) is 3.09. The number of rotatable bonds is 6. The first-order valence-electron chi connectivity index (χ1n) is 7.89. The summed E-state index contributed by atoms with van der Waals surface area (Å²) in [6, 6.07) is 9.52. The van der Waals surface area contributed by atoms with Crippen LogP contribution in [0.4, 0.5) is 4.39 Å². The maximum Gasteiger partial charge on any atom is 0.217 e. The number of halogens is 1. The summed E-state index contributed by atoms with van der Waals surface area (Å²) in [6.07, 6.45) is 2.52. The summed E-state index contributed by atoms with van der Waals surface area (Å²) >= 11 is 0. The van der Waals surface area contributed by atoms with Crippen LogP contribution in [0.15, 0.2) is 30.3 Å². The summed E-state index contributed by atoms with van der Waals surface area (Å²) in [4.78, 5) is 16.3. The molecule has 1 aromatic carbocycles. The highest BCUT2D eigenvalue weighted by atomic mass is 19.1. The fourth-order valence-electron chi connectivity index (χ4n) is 2.90. The summed E-state index contributed by atoms with van der Waals surface area (Å²) in [5.41, 5.74) is 0.999. The molecule has 0 spiro atoms. The van der Waals surface area contributed by atoms with Crippen LogP contribution in [-0.2, 0) is 0 Å². The van der Waals surface area contributed by atoms with Crippen molar-refractivity contribution < 1.29 is 9.18 Å². The van der Waals surface area contributed by atoms with Crippen molar-refractivity contribution in [2.45, 2.75) is 51.2 Å². The second kappa shape index (κ2) is 6.38. The molecule has 1 aliphatic heterocycles. The number of alkyl halides is 1. The Hall–Kier alpha value is -2.04. The molecule has 2 heterocycles. The van der Waals surface area contributed by atoms with Crippen LogP contribution in [0.1, 0.15) is 73.2 Å². The van der Waals surface area contributed by atoms with Gasteiger partial charge in [-0.1, -0.05) is 50.1 Å². The second-order valence-corrected chi connectivity index (χ2v) is 5.75. The van der Waals surface area contributed by atoms with Gasteiger partial charge >= 0.3 is 0 Å². The van der Waals surface area contributed by atoms with Crippen molar-refractivity contribution in [2.24, 2.45) is 0 Å². The molecule has 0 saturated carbocycles. The molecule has 116 valence electrons. The maximum atomic E-state index is 14.2. The molecule has 0 radical (unpaired) electrons. The highest BCUT2D eigenvalue weighted by Crippen LogP contribution is 2.39. The molecule has 1 aromatic heterocycles. The highest BCUT2D eigenvalue weighted by Gasteiger charge is 2.36. The molecule has 3 rings (SSSR count). The third-order valence-electron chi connectivity index (χ3n) is 4.10. The molecule has 0 unspecified atom stereocenters. The van der Waals surface area contributed by atoms with Crippen LogP contribution in [0, 0.1) is 0 Å². The van der Waals surface area contributed by atoms with Gasteiger partial charge in [0.15, 0.2) is 12.0 Å². The number of Topliss-reactive ketones (excluding diaryl/α,β-unsaturated/α-hetero) is 1. The van der Waals surface area contributed by atoms with Crippen LogP contribution < -0.4 is 0 Å². The van der Waals surface area contributed by atoms with E-state index in [9.17, 15) is 9.18 Å². The Labute approximate surface area is 129 Å². The van der Waals surface area contributed by atoms with E-state index < -0.39 is 6.17 Å². The number of ketones is 1. The lowest BCUT2D eigenvalue weighted by Crippen LogP contribution is -2.09. The normalized spacial score (nSPS) is 20.1. The lowest BCUT2D eigenvalue weighted by Gasteiger charge is -2.11. The van der Waals surface area contributed by atoms with Crippen molar-refractivity contribution in [2.75, 3.05) is 0 Å². The smallest absolute Gasteiger partial charge is 0.217 e. The third-order valence-corrected chi connectivity index (χ3v) is 4.10. The van der Waals surface area contributed by atoms with E-state index in [-0.39, 0.29) is 23.5 Å². The van der Waals surface area contributed by atoms with Crippen molar-refractivity contribution >= 4 is 5.78 Å². The van der Waals surface area contributed by atoms with E-state index >= 15 is 0 Å². The molecular weight excluding hydrogens is 281 g/mol. The molecule has 22 heavy (non-hydrogen) atoms. The largest absolute Gasteiger partial charge is 0.291 e. The summed E-state index contributed by atoms with van der Waals surface area (Å²) in [6.45, 7) is 2.09. The number of fused-ring (bicyclic) bond motifs is 1. The van der Waals surface area contributed by atoms with Gasteiger partial charge in [0.25, 0.3) is 0 Å². The van der Waals surface area contributed by atoms with E-state index in [0.29, 0.717) is 12.8 Å². The van der Waals surface area contributed by atoms with Crippen molar-refractivity contribution in [1.82, 2.24) is 14.8 Å². The van der Waals surface area contributed by atoms with Crippen molar-refractivity contribution in [3.05, 3.63) is 47.5 Å². The third kappa shape index (κ3) is 2.80. The standard InChI is InChI=1S/C17H20FN3O/c1-2-3-5-10-15(22)16-19-17-13(18)11-14(21(17)20-16)12-8-6-4-7-9-12/h4,6-9,13-14H,2-3,5,10-11H2,1H3/t13-,14-/m0/s1. The molecule has 0 fully saturated rings. The van der Waals surface area contributed by atoms with Crippen LogP contribution >= 0.6 is 0 Å². The van der Waals surface area contributed by atoms with Gasteiger partial charge in [0.05, 0.1) is 6.04 Å². The zero-order valence-electron chi connectivity index (χ0n) is 12.7. The second-order valence-electron chi connectivity index (χ2n) is 5.75. The van der Waals surface area contributed by atoms with Gasteiger partial charge in [0, 0.05) is 12.8 Å². The predicted octanol–water partition coefficient (Wildman–Crippen LogP) is 4.04. The lowest BCUT2D eigenvalue weighted by atomic mass is 10.0. The fraction of sp³-hybridized carbons (Fsp3) is 0.471. The van der Waals surface area contributed by atoms with E-state index in [2.05, 4.69) is 17.0 Å². The lowest BCUT2D eigenvalue weighted by molar-refractivity contribution is 0.0968. The van der Waals surface area contributed by atoms with E-state index in [1.807, 2.05) is 30.3 Å². The van der Waals surface area contributed by atoms with Gasteiger partial charge in [0.1, 0.15) is 0 Å². The predicted molar refractivity (Wildman–Crippen MR) is 81.5 cm³/mol. The quantitative estimate of drug-likeness (QED) is 0.597. The molecule has 1 aliphatic rings. The number of nitrogens with zero attached hydrogens (tertiary/aromatic N) is 3. The van der Waals surface area contributed by atoms with Crippen molar-refractivity contribution in [3.63, 3.8) is 0 Å². The van der Waals surface area contributed by atoms with E-state index in [1.165, 1.54) is 0 Å². The SMILES string of the molecule is CCCCCC(=O)c1nc2n(n1)[C@H](c1ccccc1)C[C@@H]2F. The highest BCUT2D eigenvalue weighted by molar-refractivity contribution is 5.92. The topological polar surface area (TPSA) is 47.8 Å². The van der Waals surface area contributed by atoms with E-state index in [0.717, 1.165) is 24.8 Å². The van der Waals surface area contributed by atoms with Crippen LogP contribution in [0.25, 0.3) is 0 Å². The van der Waals surface area contributed by atoms with Crippen LogP contribution in [0.2, 0.25) is 0 Å². The fourth-order valence-corrected chi connectivity index (χ4v) is 2.90. The monoisotopic (exact) mass is 301 g/mol. The van der Waals surface area contributed by atoms with Crippen molar-refractivity contribution in [3.8, 4) is 0 Å². The molecule has 4 nitrogen and oxygen atoms in total. The maximum absolute atomic E-state index is 14.2. The van der Waals surface area contributed by atoms with Gasteiger partial charge in [-0.05, 0) is 12.0 Å². The molecule has 2 aromatic rings. The Morgan fingerprint density at radius 2 is 2.09 bits per heavy atom. The first kappa shape index (κ1) is 14.9. The number of benzene rings is 1. The zero-order valence-corrected chi connectivity index (χ0v) is 12.7. The zero-order chi connectivity index (χ0) is 15.5.